The minimum Gasteiger partial charge on any atom is -0.313 e. The fourth-order valence-corrected chi connectivity index (χ4v) is 2.35. The summed E-state index contributed by atoms with van der Waals surface area (Å²) in [4.78, 5) is 0. The monoisotopic (exact) mass is 211 g/mol. The molecule has 0 aromatic heterocycles. The third-order valence-electron chi connectivity index (χ3n) is 4.26. The molecular weight excluding hydrogens is 182 g/mol. The van der Waals surface area contributed by atoms with E-state index in [0.717, 1.165) is 17.9 Å². The molecule has 0 aromatic carbocycles. The lowest BCUT2D eigenvalue weighted by Crippen LogP contribution is -2.43. The van der Waals surface area contributed by atoms with Gasteiger partial charge in [-0.15, -0.1) is 0 Å². The van der Waals surface area contributed by atoms with Gasteiger partial charge < -0.3 is 5.32 Å². The van der Waals surface area contributed by atoms with Gasteiger partial charge in [-0.25, -0.2) is 0 Å². The minimum atomic E-state index is 0.459. The molecule has 0 aliphatic heterocycles. The van der Waals surface area contributed by atoms with Gasteiger partial charge in [0, 0.05) is 12.6 Å². The zero-order valence-corrected chi connectivity index (χ0v) is 11.3. The lowest BCUT2D eigenvalue weighted by atomic mass is 9.79. The van der Waals surface area contributed by atoms with Crippen LogP contribution in [0.4, 0.5) is 0 Å². The topological polar surface area (TPSA) is 12.0 Å². The Morgan fingerprint density at radius 3 is 2.47 bits per heavy atom. The SMILES string of the molecule is CCC(C)(C)CNC1CC(C)CCC1C. The lowest BCUT2D eigenvalue weighted by Gasteiger charge is -2.36. The van der Waals surface area contributed by atoms with E-state index in [4.69, 9.17) is 0 Å². The molecule has 0 saturated heterocycles. The van der Waals surface area contributed by atoms with Gasteiger partial charge in [0.2, 0.25) is 0 Å². The maximum atomic E-state index is 3.79. The van der Waals surface area contributed by atoms with Crippen LogP contribution in [0.1, 0.15) is 60.3 Å². The van der Waals surface area contributed by atoms with Gasteiger partial charge in [0.25, 0.3) is 0 Å². The van der Waals surface area contributed by atoms with Crippen molar-refractivity contribution in [2.75, 3.05) is 6.54 Å². The summed E-state index contributed by atoms with van der Waals surface area (Å²) in [5, 5.41) is 3.79. The maximum absolute atomic E-state index is 3.79. The van der Waals surface area contributed by atoms with Crippen molar-refractivity contribution in [1.82, 2.24) is 5.32 Å². The molecule has 1 heteroatoms. The van der Waals surface area contributed by atoms with Crippen molar-refractivity contribution in [3.63, 3.8) is 0 Å². The van der Waals surface area contributed by atoms with Gasteiger partial charge in [-0.1, -0.05) is 41.0 Å². The fraction of sp³-hybridized carbons (Fsp3) is 1.00. The van der Waals surface area contributed by atoms with Gasteiger partial charge in [-0.2, -0.15) is 0 Å². The van der Waals surface area contributed by atoms with E-state index in [1.165, 1.54) is 32.2 Å². The molecule has 0 spiro atoms. The van der Waals surface area contributed by atoms with E-state index >= 15 is 0 Å². The minimum absolute atomic E-state index is 0.459. The Balaban J connectivity index is 2.36. The number of hydrogen-bond acceptors (Lipinski definition) is 1. The first-order chi connectivity index (χ1) is 6.94. The number of rotatable bonds is 4. The molecule has 1 saturated carbocycles. The number of nitrogens with one attached hydrogen (secondary N) is 1. The van der Waals surface area contributed by atoms with Gasteiger partial charge in [0.1, 0.15) is 0 Å². The molecule has 1 aliphatic rings. The van der Waals surface area contributed by atoms with Crippen LogP contribution in [0.5, 0.6) is 0 Å². The van der Waals surface area contributed by atoms with Crippen molar-refractivity contribution < 1.29 is 0 Å². The average Bonchev–Trinajstić information content (AvgIpc) is 2.20. The Morgan fingerprint density at radius 2 is 1.87 bits per heavy atom. The van der Waals surface area contributed by atoms with Crippen molar-refractivity contribution in [2.45, 2.75) is 66.3 Å². The van der Waals surface area contributed by atoms with Crippen LogP contribution in [0.15, 0.2) is 0 Å². The van der Waals surface area contributed by atoms with Gasteiger partial charge in [0.15, 0.2) is 0 Å². The predicted molar refractivity (Wildman–Crippen MR) is 68.0 cm³/mol. The summed E-state index contributed by atoms with van der Waals surface area (Å²) in [6, 6.07) is 0.763. The fourth-order valence-electron chi connectivity index (χ4n) is 2.35. The second-order valence-corrected chi connectivity index (χ2v) is 6.40. The highest BCUT2D eigenvalue weighted by Crippen LogP contribution is 2.29. The highest BCUT2D eigenvalue weighted by atomic mass is 14.9. The first-order valence-electron chi connectivity index (χ1n) is 6.68. The summed E-state index contributed by atoms with van der Waals surface area (Å²) in [5.74, 6) is 1.79. The Bertz CT molecular complexity index is 186. The Morgan fingerprint density at radius 1 is 1.20 bits per heavy atom. The Hall–Kier alpha value is -0.0400. The summed E-state index contributed by atoms with van der Waals surface area (Å²) in [6.07, 6.45) is 5.47. The average molecular weight is 211 g/mol. The Labute approximate surface area is 96.0 Å². The lowest BCUT2D eigenvalue weighted by molar-refractivity contribution is 0.202. The summed E-state index contributed by atoms with van der Waals surface area (Å²) >= 11 is 0. The summed E-state index contributed by atoms with van der Waals surface area (Å²) in [7, 11) is 0. The van der Waals surface area contributed by atoms with E-state index in [1.807, 2.05) is 0 Å². The first-order valence-corrected chi connectivity index (χ1v) is 6.68. The molecule has 1 rings (SSSR count). The molecular formula is C14H29N. The highest BCUT2D eigenvalue weighted by Gasteiger charge is 2.26. The van der Waals surface area contributed by atoms with E-state index < -0.39 is 0 Å². The highest BCUT2D eigenvalue weighted by molar-refractivity contribution is 4.83. The molecule has 0 bridgehead atoms. The van der Waals surface area contributed by atoms with Crippen LogP contribution in [0.25, 0.3) is 0 Å². The third-order valence-corrected chi connectivity index (χ3v) is 4.26. The second kappa shape index (κ2) is 5.34. The van der Waals surface area contributed by atoms with Crippen LogP contribution in [0, 0.1) is 17.3 Å². The molecule has 1 N–H and O–H groups in total. The van der Waals surface area contributed by atoms with Crippen molar-refractivity contribution >= 4 is 0 Å². The molecule has 90 valence electrons. The van der Waals surface area contributed by atoms with Crippen molar-refractivity contribution in [2.24, 2.45) is 17.3 Å². The smallest absolute Gasteiger partial charge is 0.00954 e. The summed E-state index contributed by atoms with van der Waals surface area (Å²) in [5.41, 5.74) is 0.459. The quantitative estimate of drug-likeness (QED) is 0.745. The predicted octanol–water partition coefficient (Wildman–Crippen LogP) is 3.84. The molecule has 1 aliphatic carbocycles. The summed E-state index contributed by atoms with van der Waals surface area (Å²) in [6.45, 7) is 13.0. The van der Waals surface area contributed by atoms with E-state index in [2.05, 4.69) is 39.9 Å². The van der Waals surface area contributed by atoms with Crippen LogP contribution in [0.3, 0.4) is 0 Å². The van der Waals surface area contributed by atoms with Crippen LogP contribution in [-0.4, -0.2) is 12.6 Å². The number of hydrogen-bond donors (Lipinski definition) is 1. The molecule has 1 fully saturated rings. The maximum Gasteiger partial charge on any atom is 0.00954 e. The van der Waals surface area contributed by atoms with Gasteiger partial charge in [-0.05, 0) is 36.5 Å². The largest absolute Gasteiger partial charge is 0.313 e. The standard InChI is InChI=1S/C14H29N/c1-6-14(4,5)10-15-13-9-11(2)7-8-12(13)3/h11-13,15H,6-10H2,1-5H3. The zero-order chi connectivity index (χ0) is 11.5. The summed E-state index contributed by atoms with van der Waals surface area (Å²) < 4.78 is 0. The van der Waals surface area contributed by atoms with Gasteiger partial charge in [0.05, 0.1) is 0 Å². The molecule has 3 unspecified atom stereocenters. The van der Waals surface area contributed by atoms with Crippen molar-refractivity contribution in [1.29, 1.82) is 0 Å². The van der Waals surface area contributed by atoms with E-state index in [0.29, 0.717) is 5.41 Å². The van der Waals surface area contributed by atoms with E-state index in [9.17, 15) is 0 Å². The van der Waals surface area contributed by atoms with Crippen LogP contribution < -0.4 is 5.32 Å². The van der Waals surface area contributed by atoms with Crippen molar-refractivity contribution in [3.05, 3.63) is 0 Å². The third kappa shape index (κ3) is 4.14. The van der Waals surface area contributed by atoms with Gasteiger partial charge in [-0.3, -0.25) is 0 Å². The molecule has 0 aromatic rings. The van der Waals surface area contributed by atoms with Crippen molar-refractivity contribution in [3.8, 4) is 0 Å². The molecule has 1 nitrogen and oxygen atoms in total. The normalized spacial score (nSPS) is 33.0. The molecule has 0 heterocycles. The van der Waals surface area contributed by atoms with Crippen LogP contribution in [0.2, 0.25) is 0 Å². The Kier molecular flexibility index (Phi) is 4.64. The zero-order valence-electron chi connectivity index (χ0n) is 11.3. The van der Waals surface area contributed by atoms with Crippen LogP contribution >= 0.6 is 0 Å². The van der Waals surface area contributed by atoms with Gasteiger partial charge >= 0.3 is 0 Å². The van der Waals surface area contributed by atoms with E-state index in [-0.39, 0.29) is 0 Å². The van der Waals surface area contributed by atoms with Crippen LogP contribution in [-0.2, 0) is 0 Å². The molecule has 3 atom stereocenters. The molecule has 0 radical (unpaired) electrons. The second-order valence-electron chi connectivity index (χ2n) is 6.40. The molecule has 15 heavy (non-hydrogen) atoms. The molecule has 0 amide bonds. The van der Waals surface area contributed by atoms with E-state index in [1.54, 1.807) is 0 Å². The first kappa shape index (κ1) is 13.0.